The Morgan fingerprint density at radius 3 is 2.62 bits per heavy atom. The molecule has 2 N–H and O–H groups in total. The van der Waals surface area contributed by atoms with Crippen molar-refractivity contribution in [3.8, 4) is 0 Å². The second kappa shape index (κ2) is 4.87. The van der Waals surface area contributed by atoms with Crippen molar-refractivity contribution in [1.29, 1.82) is 0 Å². The highest BCUT2D eigenvalue weighted by atomic mass is 19.4. The van der Waals surface area contributed by atoms with E-state index in [-0.39, 0.29) is 12.1 Å². The summed E-state index contributed by atoms with van der Waals surface area (Å²) >= 11 is 0. The Bertz CT molecular complexity index is 409. The van der Waals surface area contributed by atoms with Crippen LogP contribution in [0.3, 0.4) is 0 Å². The molecule has 0 radical (unpaired) electrons. The fraction of sp³-hybridized carbons (Fsp3) is 0.333. The van der Waals surface area contributed by atoms with Gasteiger partial charge in [0.05, 0.1) is 11.6 Å². The Balaban J connectivity index is 3.11. The highest BCUT2D eigenvalue weighted by molar-refractivity contribution is 5.28. The van der Waals surface area contributed by atoms with Crippen LogP contribution < -0.4 is 5.73 Å². The molecule has 0 bridgehead atoms. The van der Waals surface area contributed by atoms with Crippen LogP contribution >= 0.6 is 0 Å². The van der Waals surface area contributed by atoms with Crippen LogP contribution in [-0.2, 0) is 6.18 Å². The molecule has 0 aliphatic rings. The Hall–Kier alpha value is -1.72. The van der Waals surface area contributed by atoms with Gasteiger partial charge < -0.3 is 5.73 Å². The molecule has 0 heterocycles. The number of benzene rings is 1. The third-order valence-corrected chi connectivity index (χ3v) is 2.01. The van der Waals surface area contributed by atoms with Crippen LogP contribution in [0.15, 0.2) is 29.4 Å². The number of alkyl halides is 3. The molecule has 0 aliphatic carbocycles. The summed E-state index contributed by atoms with van der Waals surface area (Å²) in [5, 5.41) is 3.32. The van der Waals surface area contributed by atoms with Crippen molar-refractivity contribution in [1.82, 2.24) is 0 Å². The van der Waals surface area contributed by atoms with E-state index in [0.717, 1.165) is 12.1 Å². The molecule has 1 atom stereocenters. The van der Waals surface area contributed by atoms with E-state index in [0.29, 0.717) is 0 Å². The van der Waals surface area contributed by atoms with Crippen molar-refractivity contribution in [2.75, 3.05) is 6.54 Å². The van der Waals surface area contributed by atoms with Gasteiger partial charge in [-0.3, -0.25) is 0 Å². The number of nitrogens with zero attached hydrogens (tertiary/aromatic N) is 3. The minimum atomic E-state index is -4.41. The molecule has 1 aromatic carbocycles. The van der Waals surface area contributed by atoms with E-state index in [1.54, 1.807) is 0 Å². The van der Waals surface area contributed by atoms with Gasteiger partial charge in [-0.1, -0.05) is 23.3 Å². The van der Waals surface area contributed by atoms with Gasteiger partial charge in [0, 0.05) is 11.5 Å². The molecule has 86 valence electrons. The summed E-state index contributed by atoms with van der Waals surface area (Å²) in [6.45, 7) is -0.0363. The van der Waals surface area contributed by atoms with E-state index in [1.807, 2.05) is 0 Å². The third kappa shape index (κ3) is 2.88. The second-order valence-electron chi connectivity index (χ2n) is 3.08. The smallest absolute Gasteiger partial charge is 0.330 e. The molecule has 16 heavy (non-hydrogen) atoms. The van der Waals surface area contributed by atoms with Crippen LogP contribution in [-0.4, -0.2) is 6.54 Å². The summed E-state index contributed by atoms with van der Waals surface area (Å²) in [4.78, 5) is 2.54. The first-order valence-corrected chi connectivity index (χ1v) is 4.40. The van der Waals surface area contributed by atoms with Gasteiger partial charge in [0.1, 0.15) is 0 Å². The summed E-state index contributed by atoms with van der Waals surface area (Å²) in [5.41, 5.74) is 13.0. The fourth-order valence-corrected chi connectivity index (χ4v) is 1.23. The number of nitrogens with two attached hydrogens (primary N) is 1. The summed E-state index contributed by atoms with van der Waals surface area (Å²) in [6, 6.07) is 3.82. The zero-order valence-corrected chi connectivity index (χ0v) is 8.15. The maximum absolute atomic E-state index is 12.4. The first-order valence-electron chi connectivity index (χ1n) is 4.40. The van der Waals surface area contributed by atoms with Crippen LogP contribution in [0.5, 0.6) is 0 Å². The van der Waals surface area contributed by atoms with E-state index in [2.05, 4.69) is 10.0 Å². The van der Waals surface area contributed by atoms with Crippen LogP contribution in [0.25, 0.3) is 10.4 Å². The van der Waals surface area contributed by atoms with Gasteiger partial charge in [-0.25, -0.2) is 0 Å². The van der Waals surface area contributed by atoms with Gasteiger partial charge in [0.2, 0.25) is 0 Å². The largest absolute Gasteiger partial charge is 0.416 e. The van der Waals surface area contributed by atoms with E-state index in [1.165, 1.54) is 12.1 Å². The number of hydrogen-bond donors (Lipinski definition) is 1. The monoisotopic (exact) mass is 230 g/mol. The highest BCUT2D eigenvalue weighted by Crippen LogP contribution is 2.31. The zero-order valence-electron chi connectivity index (χ0n) is 8.15. The summed E-state index contributed by atoms with van der Waals surface area (Å²) in [5.74, 6) is 0. The van der Waals surface area contributed by atoms with Gasteiger partial charge >= 0.3 is 6.18 Å². The zero-order chi connectivity index (χ0) is 12.2. The average molecular weight is 230 g/mol. The molecule has 0 saturated carbocycles. The molecule has 7 heteroatoms. The van der Waals surface area contributed by atoms with Gasteiger partial charge in [-0.15, -0.1) is 0 Å². The Labute approximate surface area is 89.5 Å². The topological polar surface area (TPSA) is 74.8 Å². The minimum Gasteiger partial charge on any atom is -0.330 e. The first kappa shape index (κ1) is 12.4. The first-order chi connectivity index (χ1) is 7.49. The second-order valence-corrected chi connectivity index (χ2v) is 3.08. The molecule has 0 amide bonds. The molecule has 0 aromatic heterocycles. The third-order valence-electron chi connectivity index (χ3n) is 2.01. The van der Waals surface area contributed by atoms with Crippen molar-refractivity contribution in [3.63, 3.8) is 0 Å². The van der Waals surface area contributed by atoms with Crippen LogP contribution in [0.1, 0.15) is 17.2 Å². The number of azide groups is 1. The van der Waals surface area contributed by atoms with Gasteiger partial charge in [-0.2, -0.15) is 13.2 Å². The fourth-order valence-electron chi connectivity index (χ4n) is 1.23. The molecule has 1 rings (SSSR count). The molecule has 0 fully saturated rings. The number of hydrogen-bond acceptors (Lipinski definition) is 2. The Kier molecular flexibility index (Phi) is 3.76. The normalized spacial score (nSPS) is 13.0. The number of rotatable bonds is 3. The summed E-state index contributed by atoms with van der Waals surface area (Å²) < 4.78 is 37.2. The Morgan fingerprint density at radius 1 is 1.44 bits per heavy atom. The van der Waals surface area contributed by atoms with E-state index < -0.39 is 17.8 Å². The lowest BCUT2D eigenvalue weighted by molar-refractivity contribution is -0.137. The van der Waals surface area contributed by atoms with Crippen molar-refractivity contribution in [2.24, 2.45) is 10.8 Å². The van der Waals surface area contributed by atoms with Crippen molar-refractivity contribution >= 4 is 0 Å². The quantitative estimate of drug-likeness (QED) is 0.483. The maximum Gasteiger partial charge on any atom is 0.416 e. The lowest BCUT2D eigenvalue weighted by Gasteiger charge is -2.12. The molecule has 4 nitrogen and oxygen atoms in total. The lowest BCUT2D eigenvalue weighted by atomic mass is 10.0. The van der Waals surface area contributed by atoms with E-state index in [4.69, 9.17) is 11.3 Å². The molecular weight excluding hydrogens is 221 g/mol. The van der Waals surface area contributed by atoms with Crippen LogP contribution in [0.4, 0.5) is 13.2 Å². The SMILES string of the molecule is [N-]=[N+]=N[C@H](CN)c1cccc(C(F)(F)F)c1. The van der Waals surface area contributed by atoms with Crippen molar-refractivity contribution in [3.05, 3.63) is 45.8 Å². The van der Waals surface area contributed by atoms with E-state index >= 15 is 0 Å². The van der Waals surface area contributed by atoms with Gasteiger partial charge in [-0.05, 0) is 17.2 Å². The predicted molar refractivity (Wildman–Crippen MR) is 52.4 cm³/mol. The Morgan fingerprint density at radius 2 is 2.12 bits per heavy atom. The van der Waals surface area contributed by atoms with Crippen molar-refractivity contribution < 1.29 is 13.2 Å². The van der Waals surface area contributed by atoms with E-state index in [9.17, 15) is 13.2 Å². The van der Waals surface area contributed by atoms with Gasteiger partial charge in [0.15, 0.2) is 0 Å². The molecule has 0 saturated heterocycles. The summed E-state index contributed by atoms with van der Waals surface area (Å²) in [6.07, 6.45) is -4.41. The predicted octanol–water partition coefficient (Wildman–Crippen LogP) is 3.02. The molecular formula is C9H9F3N4. The van der Waals surface area contributed by atoms with Crippen LogP contribution in [0.2, 0.25) is 0 Å². The minimum absolute atomic E-state index is 0.0363. The maximum atomic E-state index is 12.4. The summed E-state index contributed by atoms with van der Waals surface area (Å²) in [7, 11) is 0. The molecule has 0 spiro atoms. The molecule has 0 unspecified atom stereocenters. The lowest BCUT2D eigenvalue weighted by Crippen LogP contribution is -2.11. The van der Waals surface area contributed by atoms with Crippen LogP contribution in [0, 0.1) is 0 Å². The number of halogens is 3. The molecule has 0 aliphatic heterocycles. The van der Waals surface area contributed by atoms with Crippen molar-refractivity contribution in [2.45, 2.75) is 12.2 Å². The highest BCUT2D eigenvalue weighted by Gasteiger charge is 2.30. The molecule has 1 aromatic rings. The standard InChI is InChI=1S/C9H9F3N4/c10-9(11,12)7-3-1-2-6(4-7)8(5-13)15-16-14/h1-4,8H,5,13H2/t8-/m1/s1. The average Bonchev–Trinajstić information content (AvgIpc) is 2.25. The van der Waals surface area contributed by atoms with Gasteiger partial charge in [0.25, 0.3) is 0 Å².